The molecular formula is C37H26O2. The minimum Gasteiger partial charge on any atom is -0.465 e. The predicted octanol–water partition coefficient (Wildman–Crippen LogP) is 9.40. The SMILES string of the molecule is C=COc1ccc2ccccc2c1C1(c2c(OC=C)ccc3ccccc23)c2ccccc2-c2ccccc21. The van der Waals surface area contributed by atoms with Crippen molar-refractivity contribution in [1.82, 2.24) is 0 Å². The second-order valence-electron chi connectivity index (χ2n) is 9.73. The summed E-state index contributed by atoms with van der Waals surface area (Å²) in [6.07, 6.45) is 3.02. The Hall–Kier alpha value is -5.08. The number of ether oxygens (including phenoxy) is 2. The lowest BCUT2D eigenvalue weighted by molar-refractivity contribution is 0.460. The smallest absolute Gasteiger partial charge is 0.131 e. The van der Waals surface area contributed by atoms with E-state index in [-0.39, 0.29) is 0 Å². The van der Waals surface area contributed by atoms with E-state index >= 15 is 0 Å². The van der Waals surface area contributed by atoms with E-state index in [0.29, 0.717) is 0 Å². The van der Waals surface area contributed by atoms with Gasteiger partial charge in [0.05, 0.1) is 17.9 Å². The van der Waals surface area contributed by atoms with E-state index in [0.717, 1.165) is 44.2 Å². The molecule has 2 heteroatoms. The van der Waals surface area contributed by atoms with Gasteiger partial charge in [0.2, 0.25) is 0 Å². The first-order valence-electron chi connectivity index (χ1n) is 13.1. The van der Waals surface area contributed by atoms with Crippen molar-refractivity contribution in [2.75, 3.05) is 0 Å². The van der Waals surface area contributed by atoms with E-state index in [2.05, 4.69) is 134 Å². The monoisotopic (exact) mass is 502 g/mol. The molecule has 6 aromatic rings. The average Bonchev–Trinajstić information content (AvgIpc) is 3.28. The molecule has 39 heavy (non-hydrogen) atoms. The zero-order valence-corrected chi connectivity index (χ0v) is 21.4. The number of fused-ring (bicyclic) bond motifs is 5. The highest BCUT2D eigenvalue weighted by atomic mass is 16.5. The topological polar surface area (TPSA) is 18.5 Å². The molecule has 0 radical (unpaired) electrons. The van der Waals surface area contributed by atoms with E-state index in [9.17, 15) is 0 Å². The molecule has 0 bridgehead atoms. The van der Waals surface area contributed by atoms with Crippen molar-refractivity contribution >= 4 is 21.5 Å². The number of hydrogen-bond acceptors (Lipinski definition) is 2. The summed E-state index contributed by atoms with van der Waals surface area (Å²) in [5.74, 6) is 1.51. The average molecular weight is 503 g/mol. The van der Waals surface area contributed by atoms with E-state index in [1.165, 1.54) is 34.8 Å². The van der Waals surface area contributed by atoms with Crippen LogP contribution in [0.4, 0.5) is 0 Å². The van der Waals surface area contributed by atoms with Crippen molar-refractivity contribution in [3.63, 3.8) is 0 Å². The van der Waals surface area contributed by atoms with Crippen LogP contribution in [0.25, 0.3) is 32.7 Å². The summed E-state index contributed by atoms with van der Waals surface area (Å²) < 4.78 is 12.5. The zero-order chi connectivity index (χ0) is 26.4. The maximum absolute atomic E-state index is 6.25. The molecule has 1 aliphatic carbocycles. The van der Waals surface area contributed by atoms with Gasteiger partial charge in [0, 0.05) is 11.1 Å². The normalized spacial score (nSPS) is 13.0. The highest BCUT2D eigenvalue weighted by Crippen LogP contribution is 2.61. The fourth-order valence-electron chi connectivity index (χ4n) is 6.55. The first-order chi connectivity index (χ1) is 19.3. The molecule has 0 saturated heterocycles. The third-order valence-corrected chi connectivity index (χ3v) is 7.90. The Kier molecular flexibility index (Phi) is 5.35. The Morgan fingerprint density at radius 2 is 0.872 bits per heavy atom. The van der Waals surface area contributed by atoms with Gasteiger partial charge in [-0.25, -0.2) is 0 Å². The molecule has 0 amide bonds. The van der Waals surface area contributed by atoms with Gasteiger partial charge in [-0.2, -0.15) is 0 Å². The van der Waals surface area contributed by atoms with Crippen LogP contribution in [0.3, 0.4) is 0 Å². The highest BCUT2D eigenvalue weighted by molar-refractivity contribution is 6.00. The largest absolute Gasteiger partial charge is 0.465 e. The van der Waals surface area contributed by atoms with Crippen LogP contribution in [0.2, 0.25) is 0 Å². The molecule has 0 fully saturated rings. The third kappa shape index (κ3) is 3.22. The Balaban J connectivity index is 1.81. The van der Waals surface area contributed by atoms with E-state index in [4.69, 9.17) is 9.47 Å². The number of rotatable bonds is 6. The predicted molar refractivity (Wildman–Crippen MR) is 160 cm³/mol. The number of hydrogen-bond donors (Lipinski definition) is 0. The molecule has 0 saturated carbocycles. The molecule has 186 valence electrons. The van der Waals surface area contributed by atoms with Gasteiger partial charge in [0.1, 0.15) is 11.5 Å². The highest BCUT2D eigenvalue weighted by Gasteiger charge is 2.50. The molecule has 1 aliphatic rings. The minimum absolute atomic E-state index is 0.757. The van der Waals surface area contributed by atoms with Gasteiger partial charge in [0.15, 0.2) is 0 Å². The molecule has 2 nitrogen and oxygen atoms in total. The fourth-order valence-corrected chi connectivity index (χ4v) is 6.55. The van der Waals surface area contributed by atoms with Crippen molar-refractivity contribution in [1.29, 1.82) is 0 Å². The molecule has 0 spiro atoms. The molecule has 6 aromatic carbocycles. The maximum Gasteiger partial charge on any atom is 0.131 e. The Labute approximate surface area is 228 Å². The maximum atomic E-state index is 6.25. The van der Waals surface area contributed by atoms with Crippen LogP contribution in [-0.2, 0) is 5.41 Å². The molecule has 0 aromatic heterocycles. The van der Waals surface area contributed by atoms with Crippen LogP contribution in [0, 0.1) is 0 Å². The lowest BCUT2D eigenvalue weighted by Gasteiger charge is -2.37. The molecule has 0 aliphatic heterocycles. The Bertz CT molecular complexity index is 1770. The van der Waals surface area contributed by atoms with Crippen molar-refractivity contribution < 1.29 is 9.47 Å². The fraction of sp³-hybridized carbons (Fsp3) is 0.0270. The van der Waals surface area contributed by atoms with Gasteiger partial charge < -0.3 is 9.47 Å². The van der Waals surface area contributed by atoms with Gasteiger partial charge in [-0.05, 0) is 55.9 Å². The lowest BCUT2D eigenvalue weighted by Crippen LogP contribution is -2.30. The van der Waals surface area contributed by atoms with Gasteiger partial charge >= 0.3 is 0 Å². The molecular weight excluding hydrogens is 476 g/mol. The Morgan fingerprint density at radius 3 is 1.33 bits per heavy atom. The van der Waals surface area contributed by atoms with Crippen LogP contribution < -0.4 is 9.47 Å². The van der Waals surface area contributed by atoms with Crippen LogP contribution in [0.15, 0.2) is 147 Å². The van der Waals surface area contributed by atoms with E-state index in [1.807, 2.05) is 0 Å². The van der Waals surface area contributed by atoms with Gasteiger partial charge in [-0.3, -0.25) is 0 Å². The van der Waals surface area contributed by atoms with Crippen molar-refractivity contribution in [3.8, 4) is 22.6 Å². The van der Waals surface area contributed by atoms with Crippen molar-refractivity contribution in [3.05, 3.63) is 169 Å². The summed E-state index contributed by atoms with van der Waals surface area (Å²) in [6, 6.07) is 42.8. The summed E-state index contributed by atoms with van der Waals surface area (Å²) in [4.78, 5) is 0. The standard InChI is InChI=1S/C37H26O2/c1-3-38-33-23-21-25-13-5-7-15-27(25)35(33)37(31-19-11-9-17-29(31)30-18-10-12-20-32(30)37)36-28-16-8-6-14-26(28)22-24-34(36)39-4-2/h3-24H,1-2H2. The lowest BCUT2D eigenvalue weighted by atomic mass is 9.64. The molecule has 7 rings (SSSR count). The number of benzene rings is 6. The second kappa shape index (κ2) is 9.04. The van der Waals surface area contributed by atoms with Crippen LogP contribution in [-0.4, -0.2) is 0 Å². The zero-order valence-electron chi connectivity index (χ0n) is 21.4. The first-order valence-corrected chi connectivity index (χ1v) is 13.1. The first kappa shape index (κ1) is 23.1. The third-order valence-electron chi connectivity index (χ3n) is 7.90. The summed E-state index contributed by atoms with van der Waals surface area (Å²) in [5.41, 5.74) is 6.12. The van der Waals surface area contributed by atoms with Crippen LogP contribution in [0.5, 0.6) is 11.5 Å². The minimum atomic E-state index is -0.758. The van der Waals surface area contributed by atoms with Gasteiger partial charge in [-0.15, -0.1) is 0 Å². The summed E-state index contributed by atoms with van der Waals surface area (Å²) in [5, 5.41) is 4.50. The quantitative estimate of drug-likeness (QED) is 0.211. The molecule has 0 atom stereocenters. The van der Waals surface area contributed by atoms with Gasteiger partial charge in [0.25, 0.3) is 0 Å². The molecule has 0 N–H and O–H groups in total. The van der Waals surface area contributed by atoms with Crippen LogP contribution in [0.1, 0.15) is 22.3 Å². The second-order valence-corrected chi connectivity index (χ2v) is 9.73. The summed E-state index contributed by atoms with van der Waals surface area (Å²) >= 11 is 0. The van der Waals surface area contributed by atoms with Gasteiger partial charge in [-0.1, -0.05) is 122 Å². The Morgan fingerprint density at radius 1 is 0.462 bits per heavy atom. The summed E-state index contributed by atoms with van der Waals surface area (Å²) in [6.45, 7) is 7.85. The van der Waals surface area contributed by atoms with Crippen molar-refractivity contribution in [2.24, 2.45) is 0 Å². The summed E-state index contributed by atoms with van der Waals surface area (Å²) in [7, 11) is 0. The van der Waals surface area contributed by atoms with E-state index < -0.39 is 5.41 Å². The molecule has 0 heterocycles. The van der Waals surface area contributed by atoms with Crippen molar-refractivity contribution in [2.45, 2.75) is 5.41 Å². The van der Waals surface area contributed by atoms with Crippen LogP contribution >= 0.6 is 0 Å². The van der Waals surface area contributed by atoms with E-state index in [1.54, 1.807) is 0 Å². The molecule has 0 unspecified atom stereocenters.